The van der Waals surface area contributed by atoms with Crippen LogP contribution in [0.5, 0.6) is 0 Å². The van der Waals surface area contributed by atoms with E-state index in [0.29, 0.717) is 0 Å². The fourth-order valence-electron chi connectivity index (χ4n) is 8.64. The molecule has 0 aliphatic heterocycles. The summed E-state index contributed by atoms with van der Waals surface area (Å²) in [5.74, 6) is 0. The molecule has 0 nitrogen and oxygen atoms in total. The molecule has 0 heteroatoms. The van der Waals surface area contributed by atoms with Gasteiger partial charge in [0.15, 0.2) is 0 Å². The van der Waals surface area contributed by atoms with E-state index in [1.165, 1.54) is 93.2 Å². The lowest BCUT2D eigenvalue weighted by Gasteiger charge is -2.28. The SMILES string of the molecule is CC1(c2ccccc2)c2ccccc2-c2cc3ccc(-c4c5ccccc5c(-c5ccccc5)c5ccc6ccccc6c45)cc3cc21. The summed E-state index contributed by atoms with van der Waals surface area (Å²) in [6.07, 6.45) is 0. The fraction of sp³-hybridized carbons (Fsp3) is 0.0417. The van der Waals surface area contributed by atoms with Gasteiger partial charge >= 0.3 is 0 Å². The monoisotopic (exact) mass is 608 g/mol. The molecule has 48 heavy (non-hydrogen) atoms. The standard InChI is InChI=1S/C48H32/c1-48(36-17-6-3-7-18-36)43-23-13-12-20-38(43)42-29-33-24-25-34(28-35(33)30-44(42)48)46-40-22-11-10-21-39(40)45(32-15-4-2-5-16-32)41-27-26-31-14-8-9-19-37(31)47(41)46/h2-30H,1H3. The molecule has 9 aromatic carbocycles. The average molecular weight is 609 g/mol. The highest BCUT2D eigenvalue weighted by Gasteiger charge is 2.40. The number of benzene rings is 9. The molecule has 224 valence electrons. The first kappa shape index (κ1) is 27.2. The molecule has 0 saturated carbocycles. The van der Waals surface area contributed by atoms with E-state index in [2.05, 4.69) is 183 Å². The Hall–Kier alpha value is -5.98. The van der Waals surface area contributed by atoms with Gasteiger partial charge in [-0.15, -0.1) is 0 Å². The molecular weight excluding hydrogens is 577 g/mol. The Morgan fingerprint density at radius 1 is 0.354 bits per heavy atom. The first-order valence-electron chi connectivity index (χ1n) is 16.9. The third-order valence-corrected chi connectivity index (χ3v) is 10.9. The number of hydrogen-bond acceptors (Lipinski definition) is 0. The molecule has 0 fully saturated rings. The normalized spacial score (nSPS) is 15.3. The maximum Gasteiger partial charge on any atom is 0.0435 e. The maximum atomic E-state index is 2.47. The second kappa shape index (κ2) is 10.3. The summed E-state index contributed by atoms with van der Waals surface area (Å²) in [6.45, 7) is 2.40. The van der Waals surface area contributed by atoms with Gasteiger partial charge in [0.05, 0.1) is 0 Å². The summed E-state index contributed by atoms with van der Waals surface area (Å²) in [5, 5.41) is 10.2. The van der Waals surface area contributed by atoms with E-state index in [0.717, 1.165) is 0 Å². The van der Waals surface area contributed by atoms with E-state index in [1.54, 1.807) is 0 Å². The zero-order valence-electron chi connectivity index (χ0n) is 26.7. The van der Waals surface area contributed by atoms with Gasteiger partial charge in [0.2, 0.25) is 0 Å². The Labute approximate surface area is 280 Å². The molecule has 0 radical (unpaired) electrons. The summed E-state index contributed by atoms with van der Waals surface area (Å²) < 4.78 is 0. The zero-order chi connectivity index (χ0) is 31.8. The first-order chi connectivity index (χ1) is 23.7. The molecule has 10 rings (SSSR count). The molecule has 0 N–H and O–H groups in total. The van der Waals surface area contributed by atoms with Gasteiger partial charge in [0, 0.05) is 5.41 Å². The highest BCUT2D eigenvalue weighted by atomic mass is 14.4. The van der Waals surface area contributed by atoms with Crippen LogP contribution in [-0.4, -0.2) is 0 Å². The van der Waals surface area contributed by atoms with Crippen LogP contribution >= 0.6 is 0 Å². The topological polar surface area (TPSA) is 0 Å². The van der Waals surface area contributed by atoms with Crippen LogP contribution in [-0.2, 0) is 5.41 Å². The van der Waals surface area contributed by atoms with Crippen molar-refractivity contribution < 1.29 is 0 Å². The van der Waals surface area contributed by atoms with Crippen LogP contribution in [0.4, 0.5) is 0 Å². The van der Waals surface area contributed by atoms with E-state index in [1.807, 2.05) is 0 Å². The van der Waals surface area contributed by atoms with Crippen LogP contribution in [0.1, 0.15) is 23.6 Å². The molecule has 0 bridgehead atoms. The molecule has 0 aromatic heterocycles. The zero-order valence-corrected chi connectivity index (χ0v) is 26.7. The largest absolute Gasteiger partial charge is 0.0622 e. The lowest BCUT2D eigenvalue weighted by atomic mass is 9.74. The second-order valence-corrected chi connectivity index (χ2v) is 13.4. The Kier molecular flexibility index (Phi) is 5.81. The van der Waals surface area contributed by atoms with Gasteiger partial charge in [-0.25, -0.2) is 0 Å². The minimum Gasteiger partial charge on any atom is -0.0622 e. The van der Waals surface area contributed by atoms with Crippen LogP contribution in [0.3, 0.4) is 0 Å². The lowest BCUT2D eigenvalue weighted by molar-refractivity contribution is 0.715. The Balaban J connectivity index is 1.30. The lowest BCUT2D eigenvalue weighted by Crippen LogP contribution is -2.22. The minimum atomic E-state index is -0.232. The molecular formula is C48H32. The number of rotatable bonds is 3. The maximum absolute atomic E-state index is 2.47. The van der Waals surface area contributed by atoms with Gasteiger partial charge in [-0.1, -0.05) is 158 Å². The molecule has 0 heterocycles. The van der Waals surface area contributed by atoms with Crippen LogP contribution in [0.15, 0.2) is 176 Å². The molecule has 1 atom stereocenters. The molecule has 0 spiro atoms. The molecule has 0 amide bonds. The van der Waals surface area contributed by atoms with Gasteiger partial charge < -0.3 is 0 Å². The van der Waals surface area contributed by atoms with Crippen molar-refractivity contribution in [3.63, 3.8) is 0 Å². The van der Waals surface area contributed by atoms with Crippen molar-refractivity contribution in [3.05, 3.63) is 193 Å². The number of hydrogen-bond donors (Lipinski definition) is 0. The predicted molar refractivity (Wildman–Crippen MR) is 205 cm³/mol. The molecule has 1 unspecified atom stereocenters. The highest BCUT2D eigenvalue weighted by Crippen LogP contribution is 2.54. The van der Waals surface area contributed by atoms with E-state index in [-0.39, 0.29) is 5.41 Å². The van der Waals surface area contributed by atoms with Crippen LogP contribution in [0, 0.1) is 0 Å². The average Bonchev–Trinajstić information content (AvgIpc) is 3.41. The number of fused-ring (bicyclic) bond motifs is 8. The van der Waals surface area contributed by atoms with Crippen molar-refractivity contribution in [1.82, 2.24) is 0 Å². The summed E-state index contributed by atoms with van der Waals surface area (Å²) in [6, 6.07) is 65.3. The van der Waals surface area contributed by atoms with E-state index in [9.17, 15) is 0 Å². The molecule has 1 aliphatic carbocycles. The predicted octanol–water partition coefficient (Wildman–Crippen LogP) is 13.0. The van der Waals surface area contributed by atoms with E-state index < -0.39 is 0 Å². The molecule has 9 aromatic rings. The summed E-state index contributed by atoms with van der Waals surface area (Å²) in [4.78, 5) is 0. The van der Waals surface area contributed by atoms with Crippen molar-refractivity contribution >= 4 is 43.1 Å². The van der Waals surface area contributed by atoms with Crippen LogP contribution in [0.2, 0.25) is 0 Å². The quantitative estimate of drug-likeness (QED) is 0.138. The smallest absolute Gasteiger partial charge is 0.0435 e. The molecule has 0 saturated heterocycles. The van der Waals surface area contributed by atoms with Crippen molar-refractivity contribution in [2.45, 2.75) is 12.3 Å². The van der Waals surface area contributed by atoms with Gasteiger partial charge in [-0.05, 0) is 118 Å². The van der Waals surface area contributed by atoms with Crippen molar-refractivity contribution in [2.24, 2.45) is 0 Å². The first-order valence-corrected chi connectivity index (χ1v) is 16.9. The van der Waals surface area contributed by atoms with Crippen LogP contribution < -0.4 is 0 Å². The minimum absolute atomic E-state index is 0.232. The van der Waals surface area contributed by atoms with Crippen LogP contribution in [0.25, 0.3) is 76.5 Å². The summed E-state index contributed by atoms with van der Waals surface area (Å²) in [5.41, 5.74) is 11.6. The Morgan fingerprint density at radius 2 is 1.00 bits per heavy atom. The third-order valence-electron chi connectivity index (χ3n) is 10.9. The molecule has 1 aliphatic rings. The van der Waals surface area contributed by atoms with Crippen molar-refractivity contribution in [3.8, 4) is 33.4 Å². The van der Waals surface area contributed by atoms with E-state index in [4.69, 9.17) is 0 Å². The summed E-state index contributed by atoms with van der Waals surface area (Å²) >= 11 is 0. The van der Waals surface area contributed by atoms with Gasteiger partial charge in [0.25, 0.3) is 0 Å². The second-order valence-electron chi connectivity index (χ2n) is 13.4. The van der Waals surface area contributed by atoms with Gasteiger partial charge in [-0.2, -0.15) is 0 Å². The Morgan fingerprint density at radius 3 is 1.81 bits per heavy atom. The third kappa shape index (κ3) is 3.78. The summed E-state index contributed by atoms with van der Waals surface area (Å²) in [7, 11) is 0. The van der Waals surface area contributed by atoms with E-state index >= 15 is 0 Å². The van der Waals surface area contributed by atoms with Gasteiger partial charge in [0.1, 0.15) is 0 Å². The Bertz CT molecular complexity index is 2720. The van der Waals surface area contributed by atoms with Crippen molar-refractivity contribution in [2.75, 3.05) is 0 Å². The highest BCUT2D eigenvalue weighted by molar-refractivity contribution is 6.28. The van der Waals surface area contributed by atoms with Gasteiger partial charge in [-0.3, -0.25) is 0 Å². The van der Waals surface area contributed by atoms with Crippen molar-refractivity contribution in [1.29, 1.82) is 0 Å². The fourth-order valence-corrected chi connectivity index (χ4v) is 8.64.